The Labute approximate surface area is 136 Å². The van der Waals surface area contributed by atoms with Gasteiger partial charge in [0.15, 0.2) is 0 Å². The van der Waals surface area contributed by atoms with Crippen LogP contribution in [0.25, 0.3) is 0 Å². The van der Waals surface area contributed by atoms with Crippen molar-refractivity contribution in [3.05, 3.63) is 12.2 Å². The quantitative estimate of drug-likeness (QED) is 0.295. The highest BCUT2D eigenvalue weighted by molar-refractivity contribution is 5.75. The Balaban J connectivity index is 3.12. The van der Waals surface area contributed by atoms with E-state index < -0.39 is 5.97 Å². The van der Waals surface area contributed by atoms with Crippen LogP contribution < -0.4 is 0 Å². The number of carboxylic acids is 1. The average molecular weight is 310 g/mol. The second-order valence-corrected chi connectivity index (χ2v) is 6.18. The normalized spacial score (nSPS) is 11.1. The van der Waals surface area contributed by atoms with Gasteiger partial charge in [-0.15, -0.1) is 0 Å². The molecule has 0 aliphatic rings. The highest BCUT2D eigenvalue weighted by atomic mass is 16.4. The smallest absolute Gasteiger partial charge is 0.303 e. The van der Waals surface area contributed by atoms with Gasteiger partial charge in [-0.2, -0.15) is 0 Å². The predicted molar refractivity (Wildman–Crippen MR) is 92.1 cm³/mol. The van der Waals surface area contributed by atoms with Gasteiger partial charge in [0, 0.05) is 12.8 Å². The van der Waals surface area contributed by atoms with Crippen LogP contribution in [-0.4, -0.2) is 16.9 Å². The first kappa shape index (κ1) is 20.9. The van der Waals surface area contributed by atoms with Gasteiger partial charge in [0.1, 0.15) is 5.78 Å². The Morgan fingerprint density at radius 1 is 0.682 bits per heavy atom. The molecule has 0 saturated carbocycles. The summed E-state index contributed by atoms with van der Waals surface area (Å²) in [5.74, 6) is -0.369. The zero-order valence-corrected chi connectivity index (χ0v) is 14.3. The van der Waals surface area contributed by atoms with E-state index in [2.05, 4.69) is 12.2 Å². The van der Waals surface area contributed by atoms with Crippen molar-refractivity contribution in [1.82, 2.24) is 0 Å². The van der Waals surface area contributed by atoms with Gasteiger partial charge in [0.25, 0.3) is 0 Å². The monoisotopic (exact) mass is 310 g/mol. The molecule has 0 heterocycles. The van der Waals surface area contributed by atoms with Crippen LogP contribution in [0.1, 0.15) is 96.8 Å². The third-order valence-corrected chi connectivity index (χ3v) is 3.83. The summed E-state index contributed by atoms with van der Waals surface area (Å²) in [6.07, 6.45) is 19.4. The lowest BCUT2D eigenvalue weighted by molar-refractivity contribution is -0.137. The molecule has 0 saturated heterocycles. The van der Waals surface area contributed by atoms with Crippen molar-refractivity contribution in [2.24, 2.45) is 0 Å². The number of carboxylic acid groups (broad SMARTS) is 1. The number of allylic oxidation sites excluding steroid dienone is 2. The second kappa shape index (κ2) is 16.3. The minimum Gasteiger partial charge on any atom is -0.481 e. The van der Waals surface area contributed by atoms with Gasteiger partial charge < -0.3 is 9.90 Å². The Morgan fingerprint density at radius 2 is 1.09 bits per heavy atom. The molecule has 0 rings (SSSR count). The van der Waals surface area contributed by atoms with Crippen LogP contribution in [0, 0.1) is 0 Å². The van der Waals surface area contributed by atoms with E-state index in [1.54, 1.807) is 6.92 Å². The zero-order chi connectivity index (χ0) is 16.5. The SMILES string of the molecule is CC(=O)CCCCCCC/C=C/CCCCCCCC(=O)O. The van der Waals surface area contributed by atoms with Gasteiger partial charge in [0.2, 0.25) is 0 Å². The van der Waals surface area contributed by atoms with Crippen LogP contribution in [0.5, 0.6) is 0 Å². The van der Waals surface area contributed by atoms with Gasteiger partial charge >= 0.3 is 5.97 Å². The standard InChI is InChI=1S/C19H34O3/c1-18(20)16-14-12-10-8-6-4-2-3-5-7-9-11-13-15-17-19(21)22/h2-3H,4-17H2,1H3,(H,21,22)/b3-2+. The minimum atomic E-state index is -0.679. The van der Waals surface area contributed by atoms with Gasteiger partial charge in [-0.05, 0) is 45.4 Å². The third-order valence-electron chi connectivity index (χ3n) is 3.83. The summed E-state index contributed by atoms with van der Waals surface area (Å²) >= 11 is 0. The molecular formula is C19H34O3. The number of hydrogen-bond donors (Lipinski definition) is 1. The van der Waals surface area contributed by atoms with Crippen molar-refractivity contribution in [3.63, 3.8) is 0 Å². The number of unbranched alkanes of at least 4 members (excludes halogenated alkanes) is 10. The summed E-state index contributed by atoms with van der Waals surface area (Å²) < 4.78 is 0. The first-order valence-corrected chi connectivity index (χ1v) is 8.99. The van der Waals surface area contributed by atoms with E-state index >= 15 is 0 Å². The molecule has 0 amide bonds. The van der Waals surface area contributed by atoms with Crippen molar-refractivity contribution < 1.29 is 14.7 Å². The van der Waals surface area contributed by atoms with E-state index in [0.717, 1.165) is 38.5 Å². The maximum absolute atomic E-state index is 10.8. The first-order chi connectivity index (χ1) is 10.6. The molecule has 128 valence electrons. The lowest BCUT2D eigenvalue weighted by Crippen LogP contribution is -1.93. The van der Waals surface area contributed by atoms with Crippen molar-refractivity contribution in [2.75, 3.05) is 0 Å². The summed E-state index contributed by atoms with van der Waals surface area (Å²) in [6, 6.07) is 0. The molecule has 1 N–H and O–H groups in total. The number of carbonyl (C=O) groups excluding carboxylic acids is 1. The van der Waals surface area contributed by atoms with E-state index in [4.69, 9.17) is 5.11 Å². The van der Waals surface area contributed by atoms with Crippen LogP contribution >= 0.6 is 0 Å². The largest absolute Gasteiger partial charge is 0.481 e. The molecular weight excluding hydrogens is 276 g/mol. The molecule has 0 aliphatic heterocycles. The lowest BCUT2D eigenvalue weighted by Gasteiger charge is -1.99. The molecule has 0 bridgehead atoms. The number of ketones is 1. The molecule has 0 spiro atoms. The van der Waals surface area contributed by atoms with Gasteiger partial charge in [-0.1, -0.05) is 50.7 Å². The Morgan fingerprint density at radius 3 is 1.55 bits per heavy atom. The molecule has 0 aromatic carbocycles. The number of rotatable bonds is 16. The summed E-state index contributed by atoms with van der Waals surface area (Å²) in [4.78, 5) is 21.1. The van der Waals surface area contributed by atoms with Gasteiger partial charge in [-0.25, -0.2) is 0 Å². The summed E-state index contributed by atoms with van der Waals surface area (Å²) in [6.45, 7) is 1.67. The molecule has 0 unspecified atom stereocenters. The molecule has 3 heteroatoms. The van der Waals surface area contributed by atoms with E-state index in [0.29, 0.717) is 12.2 Å². The van der Waals surface area contributed by atoms with Crippen LogP contribution in [-0.2, 0) is 9.59 Å². The highest BCUT2D eigenvalue weighted by Gasteiger charge is 1.96. The highest BCUT2D eigenvalue weighted by Crippen LogP contribution is 2.10. The van der Waals surface area contributed by atoms with E-state index in [1.165, 1.54) is 44.9 Å². The number of aliphatic carboxylic acids is 1. The number of Topliss-reactive ketones (excluding diaryl/α,β-unsaturated/α-hetero) is 1. The minimum absolute atomic E-state index is 0.310. The molecule has 0 aromatic rings. The molecule has 3 nitrogen and oxygen atoms in total. The molecule has 0 fully saturated rings. The van der Waals surface area contributed by atoms with Crippen LogP contribution in [0.3, 0.4) is 0 Å². The van der Waals surface area contributed by atoms with Crippen LogP contribution in [0.15, 0.2) is 12.2 Å². The van der Waals surface area contributed by atoms with E-state index in [9.17, 15) is 9.59 Å². The second-order valence-electron chi connectivity index (χ2n) is 6.18. The van der Waals surface area contributed by atoms with E-state index in [1.807, 2.05) is 0 Å². The topological polar surface area (TPSA) is 54.4 Å². The maximum atomic E-state index is 10.8. The molecule has 0 atom stereocenters. The van der Waals surface area contributed by atoms with Crippen molar-refractivity contribution in [3.8, 4) is 0 Å². The molecule has 0 aromatic heterocycles. The number of carbonyl (C=O) groups is 2. The first-order valence-electron chi connectivity index (χ1n) is 8.99. The predicted octanol–water partition coefficient (Wildman–Crippen LogP) is 5.68. The van der Waals surface area contributed by atoms with Crippen molar-refractivity contribution in [2.45, 2.75) is 96.8 Å². The van der Waals surface area contributed by atoms with Gasteiger partial charge in [0.05, 0.1) is 0 Å². The third kappa shape index (κ3) is 18.9. The summed E-state index contributed by atoms with van der Waals surface area (Å²) in [7, 11) is 0. The fourth-order valence-electron chi connectivity index (χ4n) is 2.47. The average Bonchev–Trinajstić information content (AvgIpc) is 2.46. The zero-order valence-electron chi connectivity index (χ0n) is 14.3. The molecule has 0 aliphatic carbocycles. The van der Waals surface area contributed by atoms with Crippen molar-refractivity contribution >= 4 is 11.8 Å². The lowest BCUT2D eigenvalue weighted by atomic mass is 10.1. The number of hydrogen-bond acceptors (Lipinski definition) is 2. The van der Waals surface area contributed by atoms with Gasteiger partial charge in [-0.3, -0.25) is 4.79 Å². The molecule has 22 heavy (non-hydrogen) atoms. The Bertz CT molecular complexity index is 278. The van der Waals surface area contributed by atoms with Crippen molar-refractivity contribution in [1.29, 1.82) is 0 Å². The maximum Gasteiger partial charge on any atom is 0.303 e. The van der Waals surface area contributed by atoms with E-state index in [-0.39, 0.29) is 0 Å². The molecule has 0 radical (unpaired) electrons. The van der Waals surface area contributed by atoms with Crippen LogP contribution in [0.2, 0.25) is 0 Å². The summed E-state index contributed by atoms with van der Waals surface area (Å²) in [5.41, 5.74) is 0. The van der Waals surface area contributed by atoms with Crippen LogP contribution in [0.4, 0.5) is 0 Å². The fraction of sp³-hybridized carbons (Fsp3) is 0.789. The Hall–Kier alpha value is -1.12. The summed E-state index contributed by atoms with van der Waals surface area (Å²) in [5, 5.41) is 8.52. The Kier molecular flexibility index (Phi) is 15.4. The fourth-order valence-corrected chi connectivity index (χ4v) is 2.47.